The lowest BCUT2D eigenvalue weighted by Gasteiger charge is -2.10. The highest BCUT2D eigenvalue weighted by atomic mass is 35.5. The lowest BCUT2D eigenvalue weighted by molar-refractivity contribution is -0.116. The lowest BCUT2D eigenvalue weighted by Crippen LogP contribution is -2.19. The second-order valence-electron chi connectivity index (χ2n) is 5.42. The molecule has 0 aliphatic heterocycles. The zero-order chi connectivity index (χ0) is 16.6. The number of nitrogens with two attached hydrogens (primary N) is 1. The Kier molecular flexibility index (Phi) is 9.87. The van der Waals surface area contributed by atoms with Gasteiger partial charge in [0.1, 0.15) is 0 Å². The Morgan fingerprint density at radius 3 is 2.30 bits per heavy atom. The monoisotopic (exact) mass is 363 g/mol. The van der Waals surface area contributed by atoms with Crippen LogP contribution in [0.2, 0.25) is 0 Å². The molecule has 1 rings (SSSR count). The summed E-state index contributed by atoms with van der Waals surface area (Å²) >= 11 is 0. The summed E-state index contributed by atoms with van der Waals surface area (Å²) in [6.07, 6.45) is 2.44. The summed E-state index contributed by atoms with van der Waals surface area (Å²) in [4.78, 5) is 11.7. The first kappa shape index (κ1) is 21.7. The average molecular weight is 364 g/mol. The van der Waals surface area contributed by atoms with Crippen molar-refractivity contribution >= 4 is 39.7 Å². The number of carbonyl (C=O) groups is 1. The molecule has 0 heterocycles. The molecule has 1 aromatic rings. The number of anilines is 2. The van der Waals surface area contributed by atoms with Crippen LogP contribution in [0.25, 0.3) is 0 Å². The molecule has 0 fully saturated rings. The third kappa shape index (κ3) is 9.43. The van der Waals surface area contributed by atoms with Gasteiger partial charge in [0.15, 0.2) is 0 Å². The SMILES string of the molecule is CCCCS(=O)(=O)Nc1ccc(NC(=O)CCC(C)N)cc1.Cl. The van der Waals surface area contributed by atoms with Gasteiger partial charge in [0.05, 0.1) is 5.75 Å². The molecule has 0 saturated carbocycles. The average Bonchev–Trinajstić information content (AvgIpc) is 2.45. The molecule has 0 aliphatic carbocycles. The highest BCUT2D eigenvalue weighted by molar-refractivity contribution is 7.92. The minimum absolute atomic E-state index is 0. The minimum Gasteiger partial charge on any atom is -0.328 e. The Morgan fingerprint density at radius 1 is 1.22 bits per heavy atom. The van der Waals surface area contributed by atoms with Crippen LogP contribution in [0.5, 0.6) is 0 Å². The van der Waals surface area contributed by atoms with E-state index in [0.717, 1.165) is 6.42 Å². The van der Waals surface area contributed by atoms with Crippen LogP contribution < -0.4 is 15.8 Å². The summed E-state index contributed by atoms with van der Waals surface area (Å²) < 4.78 is 26.1. The van der Waals surface area contributed by atoms with Gasteiger partial charge in [0.2, 0.25) is 15.9 Å². The van der Waals surface area contributed by atoms with Crippen molar-refractivity contribution in [1.29, 1.82) is 0 Å². The zero-order valence-corrected chi connectivity index (χ0v) is 15.2. The predicted molar refractivity (Wildman–Crippen MR) is 97.5 cm³/mol. The first-order valence-corrected chi connectivity index (χ1v) is 9.13. The smallest absolute Gasteiger partial charge is 0.232 e. The highest BCUT2D eigenvalue weighted by Gasteiger charge is 2.09. The van der Waals surface area contributed by atoms with Gasteiger partial charge in [-0.15, -0.1) is 12.4 Å². The van der Waals surface area contributed by atoms with Crippen LogP contribution in [0, 0.1) is 0 Å². The van der Waals surface area contributed by atoms with Gasteiger partial charge in [-0.3, -0.25) is 9.52 Å². The fourth-order valence-electron chi connectivity index (χ4n) is 1.77. The molecule has 1 aromatic carbocycles. The van der Waals surface area contributed by atoms with Crippen molar-refractivity contribution in [2.24, 2.45) is 5.73 Å². The van der Waals surface area contributed by atoms with Crippen LogP contribution in [0.1, 0.15) is 39.5 Å². The van der Waals surface area contributed by atoms with E-state index in [1.54, 1.807) is 24.3 Å². The van der Waals surface area contributed by atoms with E-state index >= 15 is 0 Å². The van der Waals surface area contributed by atoms with Gasteiger partial charge >= 0.3 is 0 Å². The number of nitrogens with one attached hydrogen (secondary N) is 2. The maximum Gasteiger partial charge on any atom is 0.232 e. The molecular formula is C15H26ClN3O3S. The van der Waals surface area contributed by atoms with Crippen molar-refractivity contribution in [1.82, 2.24) is 0 Å². The second-order valence-corrected chi connectivity index (χ2v) is 7.26. The molecule has 0 spiro atoms. The van der Waals surface area contributed by atoms with Crippen LogP contribution in [0.15, 0.2) is 24.3 Å². The van der Waals surface area contributed by atoms with Gasteiger partial charge in [-0.05, 0) is 44.0 Å². The Labute approximate surface area is 144 Å². The number of halogens is 1. The van der Waals surface area contributed by atoms with Gasteiger partial charge in [0.25, 0.3) is 0 Å². The lowest BCUT2D eigenvalue weighted by atomic mass is 10.2. The topological polar surface area (TPSA) is 101 Å². The first-order valence-electron chi connectivity index (χ1n) is 7.48. The molecule has 0 radical (unpaired) electrons. The summed E-state index contributed by atoms with van der Waals surface area (Å²) in [6.45, 7) is 3.80. The molecule has 1 amide bonds. The first-order chi connectivity index (χ1) is 10.3. The Bertz CT molecular complexity index is 574. The number of hydrogen-bond acceptors (Lipinski definition) is 4. The molecule has 0 saturated heterocycles. The number of hydrogen-bond donors (Lipinski definition) is 3. The molecule has 0 aliphatic rings. The fourth-order valence-corrected chi connectivity index (χ4v) is 3.03. The standard InChI is InChI=1S/C15H25N3O3S.ClH/c1-3-4-11-22(20,21)18-14-8-6-13(7-9-14)17-15(19)10-5-12(2)16;/h6-9,12,18H,3-5,10-11,16H2,1-2H3,(H,17,19);1H. The quantitative estimate of drug-likeness (QED) is 0.627. The molecule has 6 nitrogen and oxygen atoms in total. The van der Waals surface area contributed by atoms with Gasteiger partial charge in [0, 0.05) is 23.8 Å². The Hall–Kier alpha value is -1.31. The molecule has 0 bridgehead atoms. The van der Waals surface area contributed by atoms with E-state index in [1.807, 2.05) is 13.8 Å². The number of sulfonamides is 1. The molecule has 1 atom stereocenters. The zero-order valence-electron chi connectivity index (χ0n) is 13.5. The molecule has 1 unspecified atom stereocenters. The third-order valence-corrected chi connectivity index (χ3v) is 4.41. The fraction of sp³-hybridized carbons (Fsp3) is 0.533. The number of carbonyl (C=O) groups excluding carboxylic acids is 1. The normalized spacial score (nSPS) is 12.1. The van der Waals surface area contributed by atoms with Crippen LogP contribution in [-0.2, 0) is 14.8 Å². The minimum atomic E-state index is -3.30. The van der Waals surface area contributed by atoms with E-state index in [-0.39, 0.29) is 30.1 Å². The van der Waals surface area contributed by atoms with Crippen molar-refractivity contribution in [2.45, 2.75) is 45.6 Å². The van der Waals surface area contributed by atoms with E-state index < -0.39 is 10.0 Å². The van der Waals surface area contributed by atoms with Crippen LogP contribution in [0.4, 0.5) is 11.4 Å². The van der Waals surface area contributed by atoms with Gasteiger partial charge < -0.3 is 11.1 Å². The summed E-state index contributed by atoms with van der Waals surface area (Å²) in [6, 6.07) is 6.59. The molecule has 4 N–H and O–H groups in total. The third-order valence-electron chi connectivity index (χ3n) is 3.04. The van der Waals surface area contributed by atoms with Crippen LogP contribution >= 0.6 is 12.4 Å². The van der Waals surface area contributed by atoms with Crippen molar-refractivity contribution in [3.8, 4) is 0 Å². The van der Waals surface area contributed by atoms with E-state index in [4.69, 9.17) is 5.73 Å². The van der Waals surface area contributed by atoms with Gasteiger partial charge in [-0.25, -0.2) is 8.42 Å². The van der Waals surface area contributed by atoms with E-state index in [2.05, 4.69) is 10.0 Å². The predicted octanol–water partition coefficient (Wildman–Crippen LogP) is 2.72. The molecular weight excluding hydrogens is 338 g/mol. The molecule has 8 heteroatoms. The number of rotatable bonds is 9. The summed E-state index contributed by atoms with van der Waals surface area (Å²) in [7, 11) is -3.30. The van der Waals surface area contributed by atoms with Crippen LogP contribution in [0.3, 0.4) is 0 Å². The van der Waals surface area contributed by atoms with Crippen molar-refractivity contribution < 1.29 is 13.2 Å². The number of benzene rings is 1. The van der Waals surface area contributed by atoms with Gasteiger partial charge in [-0.1, -0.05) is 13.3 Å². The molecule has 0 aromatic heterocycles. The Morgan fingerprint density at radius 2 is 1.78 bits per heavy atom. The number of unbranched alkanes of at least 4 members (excludes halogenated alkanes) is 1. The molecule has 23 heavy (non-hydrogen) atoms. The van der Waals surface area contributed by atoms with E-state index in [1.165, 1.54) is 0 Å². The van der Waals surface area contributed by atoms with Crippen LogP contribution in [-0.4, -0.2) is 26.1 Å². The molecule has 132 valence electrons. The second kappa shape index (κ2) is 10.5. The van der Waals surface area contributed by atoms with Gasteiger partial charge in [-0.2, -0.15) is 0 Å². The van der Waals surface area contributed by atoms with E-state index in [9.17, 15) is 13.2 Å². The Balaban J connectivity index is 0.00000484. The largest absolute Gasteiger partial charge is 0.328 e. The maximum absolute atomic E-state index is 11.8. The van der Waals surface area contributed by atoms with Crippen molar-refractivity contribution in [3.63, 3.8) is 0 Å². The van der Waals surface area contributed by atoms with E-state index in [0.29, 0.717) is 30.6 Å². The maximum atomic E-state index is 11.8. The summed E-state index contributed by atoms with van der Waals surface area (Å²) in [5.41, 5.74) is 6.72. The van der Waals surface area contributed by atoms with Crippen molar-refractivity contribution in [2.75, 3.05) is 15.8 Å². The highest BCUT2D eigenvalue weighted by Crippen LogP contribution is 2.15. The summed E-state index contributed by atoms with van der Waals surface area (Å²) in [5, 5.41) is 2.75. The number of amides is 1. The van der Waals surface area contributed by atoms with Crippen molar-refractivity contribution in [3.05, 3.63) is 24.3 Å². The summed E-state index contributed by atoms with van der Waals surface area (Å²) in [5.74, 6) is 0.00721.